The average molecular weight is 329 g/mol. The normalized spacial score (nSPS) is 12.5. The van der Waals surface area contributed by atoms with Gasteiger partial charge < -0.3 is 0 Å². The van der Waals surface area contributed by atoms with Crippen molar-refractivity contribution in [1.29, 1.82) is 0 Å². The Labute approximate surface area is 123 Å². The Kier molecular flexibility index (Phi) is 4.17. The number of hydrogen-bond donors (Lipinski definition) is 2. The molecule has 0 radical (unpaired) electrons. The second kappa shape index (κ2) is 5.58. The van der Waals surface area contributed by atoms with E-state index in [1.165, 1.54) is 18.3 Å². The van der Waals surface area contributed by atoms with Gasteiger partial charge in [-0.3, -0.25) is 5.10 Å². The van der Waals surface area contributed by atoms with Crippen LogP contribution < -0.4 is 4.72 Å². The molecular formula is C12H15N3O4S2. The summed E-state index contributed by atoms with van der Waals surface area (Å²) >= 11 is 0. The lowest BCUT2D eigenvalue weighted by Gasteiger charge is -2.06. The topological polar surface area (TPSA) is 109 Å². The van der Waals surface area contributed by atoms with Crippen molar-refractivity contribution < 1.29 is 16.8 Å². The summed E-state index contributed by atoms with van der Waals surface area (Å²) in [4.78, 5) is 0.287. The van der Waals surface area contributed by atoms with Crippen LogP contribution in [0.1, 0.15) is 11.3 Å². The highest BCUT2D eigenvalue weighted by Gasteiger charge is 2.18. The molecule has 1 heterocycles. The van der Waals surface area contributed by atoms with E-state index in [1.54, 1.807) is 19.1 Å². The molecule has 7 nitrogen and oxygen atoms in total. The molecule has 1 aromatic heterocycles. The van der Waals surface area contributed by atoms with Crippen molar-refractivity contribution in [3.63, 3.8) is 0 Å². The van der Waals surface area contributed by atoms with Gasteiger partial charge in [0.05, 0.1) is 16.8 Å². The van der Waals surface area contributed by atoms with E-state index in [2.05, 4.69) is 14.9 Å². The monoisotopic (exact) mass is 329 g/mol. The van der Waals surface area contributed by atoms with Crippen molar-refractivity contribution in [3.05, 3.63) is 41.7 Å². The molecular weight excluding hydrogens is 314 g/mol. The fourth-order valence-electron chi connectivity index (χ4n) is 1.72. The SMILES string of the molecule is Cc1[nH]ncc1S(=O)(=O)NCc1ccc(S(C)(=O)=O)cc1. The van der Waals surface area contributed by atoms with Gasteiger partial charge in [-0.25, -0.2) is 21.6 Å². The van der Waals surface area contributed by atoms with Crippen molar-refractivity contribution in [2.45, 2.75) is 23.3 Å². The highest BCUT2D eigenvalue weighted by atomic mass is 32.2. The molecule has 114 valence electrons. The van der Waals surface area contributed by atoms with Crippen LogP contribution in [-0.4, -0.2) is 33.3 Å². The number of benzene rings is 1. The molecule has 0 spiro atoms. The van der Waals surface area contributed by atoms with Crippen molar-refractivity contribution in [3.8, 4) is 0 Å². The average Bonchev–Trinajstić information content (AvgIpc) is 2.83. The molecule has 21 heavy (non-hydrogen) atoms. The number of hydrogen-bond acceptors (Lipinski definition) is 5. The Hall–Kier alpha value is -1.71. The molecule has 0 aliphatic rings. The number of aromatic amines is 1. The van der Waals surface area contributed by atoms with Crippen molar-refractivity contribution in [1.82, 2.24) is 14.9 Å². The lowest BCUT2D eigenvalue weighted by Crippen LogP contribution is -2.23. The van der Waals surface area contributed by atoms with Crippen LogP contribution >= 0.6 is 0 Å². The van der Waals surface area contributed by atoms with Gasteiger partial charge in [-0.2, -0.15) is 5.10 Å². The maximum Gasteiger partial charge on any atom is 0.244 e. The lowest BCUT2D eigenvalue weighted by molar-refractivity contribution is 0.580. The molecule has 0 fully saturated rings. The standard InChI is InChI=1S/C12H15N3O4S2/c1-9-12(8-13-15-9)21(18,19)14-7-10-3-5-11(6-4-10)20(2,16)17/h3-6,8,14H,7H2,1-2H3,(H,13,15). The molecule has 0 atom stereocenters. The predicted octanol–water partition coefficient (Wildman–Crippen LogP) is 0.600. The second-order valence-electron chi connectivity index (χ2n) is 4.60. The largest absolute Gasteiger partial charge is 0.281 e. The summed E-state index contributed by atoms with van der Waals surface area (Å²) in [6.45, 7) is 1.68. The molecule has 0 aliphatic heterocycles. The van der Waals surface area contributed by atoms with Crippen LogP contribution in [0.5, 0.6) is 0 Å². The Morgan fingerprint density at radius 2 is 1.76 bits per heavy atom. The van der Waals surface area contributed by atoms with Crippen molar-refractivity contribution in [2.75, 3.05) is 6.26 Å². The van der Waals surface area contributed by atoms with Gasteiger partial charge >= 0.3 is 0 Å². The van der Waals surface area contributed by atoms with E-state index >= 15 is 0 Å². The number of sulfonamides is 1. The van der Waals surface area contributed by atoms with Crippen LogP contribution in [0.25, 0.3) is 0 Å². The number of aromatic nitrogens is 2. The Bertz CT molecular complexity index is 837. The van der Waals surface area contributed by atoms with Crippen LogP contribution in [0.4, 0.5) is 0 Å². The predicted molar refractivity (Wildman–Crippen MR) is 76.9 cm³/mol. The third-order valence-corrected chi connectivity index (χ3v) is 5.53. The van der Waals surface area contributed by atoms with Crippen LogP contribution in [0.3, 0.4) is 0 Å². The summed E-state index contributed by atoms with van der Waals surface area (Å²) in [5.74, 6) is 0. The zero-order valence-electron chi connectivity index (χ0n) is 11.5. The van der Waals surface area contributed by atoms with E-state index in [-0.39, 0.29) is 16.3 Å². The highest BCUT2D eigenvalue weighted by Crippen LogP contribution is 2.13. The minimum absolute atomic E-state index is 0.0665. The van der Waals surface area contributed by atoms with Gasteiger partial charge in [0.25, 0.3) is 0 Å². The van der Waals surface area contributed by atoms with Crippen LogP contribution in [0, 0.1) is 6.92 Å². The summed E-state index contributed by atoms with van der Waals surface area (Å²) in [7, 11) is -6.90. The first-order valence-electron chi connectivity index (χ1n) is 5.99. The molecule has 2 N–H and O–H groups in total. The van der Waals surface area contributed by atoms with E-state index in [9.17, 15) is 16.8 Å². The quantitative estimate of drug-likeness (QED) is 0.835. The first kappa shape index (κ1) is 15.7. The minimum atomic E-state index is -3.65. The fraction of sp³-hybridized carbons (Fsp3) is 0.250. The third-order valence-electron chi connectivity index (χ3n) is 2.89. The number of sulfone groups is 1. The van der Waals surface area contributed by atoms with Gasteiger partial charge in [0, 0.05) is 12.8 Å². The number of H-pyrrole nitrogens is 1. The summed E-state index contributed by atoms with van der Waals surface area (Å²) in [6.07, 6.45) is 2.36. The van der Waals surface area contributed by atoms with E-state index < -0.39 is 19.9 Å². The zero-order chi connectivity index (χ0) is 15.7. The molecule has 0 amide bonds. The third kappa shape index (κ3) is 3.69. The number of aryl methyl sites for hydroxylation is 1. The maximum absolute atomic E-state index is 12.0. The number of rotatable bonds is 5. The van der Waals surface area contributed by atoms with Gasteiger partial charge in [0.2, 0.25) is 10.0 Å². The molecule has 0 saturated carbocycles. The summed E-state index contributed by atoms with van der Waals surface area (Å²) in [6, 6.07) is 6.03. The first-order valence-corrected chi connectivity index (χ1v) is 9.36. The van der Waals surface area contributed by atoms with Gasteiger partial charge in [0.15, 0.2) is 9.84 Å². The molecule has 0 saturated heterocycles. The molecule has 1 aromatic carbocycles. The second-order valence-corrected chi connectivity index (χ2v) is 8.35. The minimum Gasteiger partial charge on any atom is -0.281 e. The Morgan fingerprint density at radius 1 is 1.14 bits per heavy atom. The Balaban J connectivity index is 2.12. The van der Waals surface area contributed by atoms with E-state index in [4.69, 9.17) is 0 Å². The molecule has 2 rings (SSSR count). The smallest absolute Gasteiger partial charge is 0.244 e. The number of nitrogens with one attached hydrogen (secondary N) is 2. The first-order chi connectivity index (χ1) is 9.70. The van der Waals surface area contributed by atoms with Crippen LogP contribution in [0.2, 0.25) is 0 Å². The van der Waals surface area contributed by atoms with Gasteiger partial charge in [-0.1, -0.05) is 12.1 Å². The van der Waals surface area contributed by atoms with E-state index in [0.717, 1.165) is 6.26 Å². The van der Waals surface area contributed by atoms with E-state index in [1.807, 2.05) is 0 Å². The highest BCUT2D eigenvalue weighted by molar-refractivity contribution is 7.90. The number of nitrogens with zero attached hydrogens (tertiary/aromatic N) is 1. The molecule has 2 aromatic rings. The molecule has 0 unspecified atom stereocenters. The summed E-state index contributed by atoms with van der Waals surface area (Å²) < 4.78 is 49.2. The molecule has 0 bridgehead atoms. The maximum atomic E-state index is 12.0. The fourth-order valence-corrected chi connectivity index (χ4v) is 3.50. The van der Waals surface area contributed by atoms with E-state index in [0.29, 0.717) is 11.3 Å². The van der Waals surface area contributed by atoms with Crippen LogP contribution in [0.15, 0.2) is 40.3 Å². The Morgan fingerprint density at radius 3 is 2.24 bits per heavy atom. The summed E-state index contributed by atoms with van der Waals surface area (Å²) in [5.41, 5.74) is 1.11. The molecule has 0 aliphatic carbocycles. The van der Waals surface area contributed by atoms with Crippen molar-refractivity contribution in [2.24, 2.45) is 0 Å². The lowest BCUT2D eigenvalue weighted by atomic mass is 10.2. The van der Waals surface area contributed by atoms with Crippen LogP contribution in [-0.2, 0) is 26.4 Å². The van der Waals surface area contributed by atoms with Gasteiger partial charge in [-0.15, -0.1) is 0 Å². The molecule has 9 heteroatoms. The van der Waals surface area contributed by atoms with Gasteiger partial charge in [0.1, 0.15) is 4.90 Å². The zero-order valence-corrected chi connectivity index (χ0v) is 13.1. The summed E-state index contributed by atoms with van der Waals surface area (Å²) in [5, 5.41) is 6.23. The van der Waals surface area contributed by atoms with Crippen molar-refractivity contribution >= 4 is 19.9 Å². The van der Waals surface area contributed by atoms with Gasteiger partial charge in [-0.05, 0) is 24.6 Å².